The number of benzene rings is 1. The van der Waals surface area contributed by atoms with Crippen molar-refractivity contribution in [3.8, 4) is 22.8 Å². The smallest absolute Gasteiger partial charge is 0.313 e. The minimum absolute atomic E-state index is 0.0551. The van der Waals surface area contributed by atoms with Crippen molar-refractivity contribution in [3.63, 3.8) is 0 Å². The van der Waals surface area contributed by atoms with Gasteiger partial charge in [-0.25, -0.2) is 13.4 Å². The molecule has 3 rings (SSSR count). The van der Waals surface area contributed by atoms with E-state index in [0.717, 1.165) is 5.56 Å². The van der Waals surface area contributed by atoms with Crippen LogP contribution >= 0.6 is 0 Å². The van der Waals surface area contributed by atoms with E-state index in [1.807, 2.05) is 0 Å². The van der Waals surface area contributed by atoms with Gasteiger partial charge < -0.3 is 10.2 Å². The lowest BCUT2D eigenvalue weighted by Gasteiger charge is -2.08. The molecule has 0 aliphatic heterocycles. The maximum absolute atomic E-state index is 12.2. The van der Waals surface area contributed by atoms with Gasteiger partial charge in [0, 0.05) is 5.56 Å². The van der Waals surface area contributed by atoms with Gasteiger partial charge in [0.05, 0.1) is 28.2 Å². The Labute approximate surface area is 138 Å². The molecule has 0 aliphatic rings. The number of nitrogen functional groups attached to an aromatic ring is 1. The molecule has 2 N–H and O–H groups in total. The van der Waals surface area contributed by atoms with Crippen LogP contribution in [0.4, 0.5) is 6.01 Å². The lowest BCUT2D eigenvalue weighted by Crippen LogP contribution is -2.13. The van der Waals surface area contributed by atoms with Gasteiger partial charge in [0.1, 0.15) is 5.69 Å². The number of rotatable bonds is 4. The highest BCUT2D eigenvalue weighted by atomic mass is 32.2. The number of nitrogens with two attached hydrogens (primary N) is 1. The maximum Gasteiger partial charge on any atom is 0.313 e. The molecule has 9 heteroatoms. The van der Waals surface area contributed by atoms with Crippen molar-refractivity contribution in [1.82, 2.24) is 20.2 Å². The Morgan fingerprint density at radius 3 is 2.29 bits per heavy atom. The predicted octanol–water partition coefficient (Wildman–Crippen LogP) is 1.96. The average Bonchev–Trinajstić information content (AvgIpc) is 3.01. The average molecular weight is 345 g/mol. The second-order valence-electron chi connectivity index (χ2n) is 5.35. The maximum atomic E-state index is 12.2. The van der Waals surface area contributed by atoms with Crippen LogP contribution in [0.5, 0.6) is 0 Å². The minimum atomic E-state index is -3.31. The van der Waals surface area contributed by atoms with Crippen molar-refractivity contribution in [2.45, 2.75) is 24.0 Å². The normalized spacial score (nSPS) is 11.8. The molecule has 0 fully saturated rings. The third-order valence-electron chi connectivity index (χ3n) is 3.39. The Morgan fingerprint density at radius 1 is 1.04 bits per heavy atom. The fraction of sp³-hybridized carbons (Fsp3) is 0.200. The van der Waals surface area contributed by atoms with Crippen molar-refractivity contribution in [2.24, 2.45) is 0 Å². The van der Waals surface area contributed by atoms with E-state index in [4.69, 9.17) is 10.2 Å². The van der Waals surface area contributed by atoms with E-state index in [1.54, 1.807) is 44.3 Å². The summed E-state index contributed by atoms with van der Waals surface area (Å²) in [5, 5.41) is 6.86. The van der Waals surface area contributed by atoms with E-state index in [2.05, 4.69) is 20.2 Å². The number of hydrogen-bond donors (Lipinski definition) is 1. The van der Waals surface area contributed by atoms with Gasteiger partial charge in [-0.3, -0.25) is 4.98 Å². The summed E-state index contributed by atoms with van der Waals surface area (Å²) in [7, 11) is -3.31. The monoisotopic (exact) mass is 345 g/mol. The fourth-order valence-corrected chi connectivity index (χ4v) is 3.09. The van der Waals surface area contributed by atoms with Crippen LogP contribution in [0.3, 0.4) is 0 Å². The second-order valence-corrected chi connectivity index (χ2v) is 7.86. The topological polar surface area (TPSA) is 125 Å². The second kappa shape index (κ2) is 6.00. The zero-order valence-electron chi connectivity index (χ0n) is 13.0. The standard InChI is InChI=1S/C15H15N5O3S/c1-9(2)24(21,22)11-5-3-10(4-6-11)12-7-17-8-13(18-12)14-19-20-15(16)23-14/h3-9H,1-2H3,(H2,16,20). The van der Waals surface area contributed by atoms with E-state index in [0.29, 0.717) is 11.4 Å². The molecular weight excluding hydrogens is 330 g/mol. The molecule has 2 aromatic heterocycles. The third kappa shape index (κ3) is 2.98. The van der Waals surface area contributed by atoms with Crippen LogP contribution in [-0.2, 0) is 9.84 Å². The number of nitrogens with zero attached hydrogens (tertiary/aromatic N) is 4. The van der Waals surface area contributed by atoms with Crippen molar-refractivity contribution in [2.75, 3.05) is 5.73 Å². The van der Waals surface area contributed by atoms with Crippen LogP contribution in [0.15, 0.2) is 46.0 Å². The summed E-state index contributed by atoms with van der Waals surface area (Å²) < 4.78 is 29.4. The van der Waals surface area contributed by atoms with Crippen LogP contribution in [0.25, 0.3) is 22.8 Å². The molecule has 0 saturated carbocycles. The van der Waals surface area contributed by atoms with E-state index >= 15 is 0 Å². The first-order valence-electron chi connectivity index (χ1n) is 7.13. The van der Waals surface area contributed by atoms with Crippen molar-refractivity contribution >= 4 is 15.9 Å². The molecule has 0 aliphatic carbocycles. The first-order chi connectivity index (χ1) is 11.4. The van der Waals surface area contributed by atoms with Crippen LogP contribution in [-0.4, -0.2) is 33.8 Å². The number of anilines is 1. The van der Waals surface area contributed by atoms with Crippen LogP contribution in [0.1, 0.15) is 13.8 Å². The Hall–Kier alpha value is -2.81. The largest absolute Gasteiger partial charge is 0.402 e. The Balaban J connectivity index is 1.96. The first kappa shape index (κ1) is 16.1. The molecule has 0 bridgehead atoms. The molecule has 0 radical (unpaired) electrons. The molecule has 3 aromatic rings. The van der Waals surface area contributed by atoms with Gasteiger partial charge >= 0.3 is 6.01 Å². The zero-order valence-corrected chi connectivity index (χ0v) is 13.9. The molecule has 0 saturated heterocycles. The minimum Gasteiger partial charge on any atom is -0.402 e. The molecule has 1 aromatic carbocycles. The summed E-state index contributed by atoms with van der Waals surface area (Å²) in [4.78, 5) is 8.76. The Bertz CT molecular complexity index is 965. The summed E-state index contributed by atoms with van der Waals surface area (Å²) in [6, 6.07) is 6.43. The summed E-state index contributed by atoms with van der Waals surface area (Å²) in [5.74, 6) is 0.167. The molecular formula is C15H15N5O3S. The number of aromatic nitrogens is 4. The lowest BCUT2D eigenvalue weighted by atomic mass is 10.1. The highest BCUT2D eigenvalue weighted by molar-refractivity contribution is 7.92. The predicted molar refractivity (Wildman–Crippen MR) is 87.5 cm³/mol. The van der Waals surface area contributed by atoms with Gasteiger partial charge in [0.2, 0.25) is 0 Å². The molecule has 0 unspecified atom stereocenters. The van der Waals surface area contributed by atoms with Crippen molar-refractivity contribution < 1.29 is 12.8 Å². The van der Waals surface area contributed by atoms with E-state index in [9.17, 15) is 8.42 Å². The lowest BCUT2D eigenvalue weighted by molar-refractivity contribution is 0.586. The summed E-state index contributed by atoms with van der Waals surface area (Å²) in [5.41, 5.74) is 7.06. The van der Waals surface area contributed by atoms with Crippen LogP contribution < -0.4 is 5.73 Å². The van der Waals surface area contributed by atoms with Gasteiger partial charge in [-0.15, -0.1) is 5.10 Å². The van der Waals surface area contributed by atoms with E-state index in [1.165, 1.54) is 6.20 Å². The van der Waals surface area contributed by atoms with Gasteiger partial charge in [-0.2, -0.15) is 0 Å². The SMILES string of the molecule is CC(C)S(=O)(=O)c1ccc(-c2cncc(-c3nnc(N)o3)n2)cc1. The molecule has 0 spiro atoms. The summed E-state index contributed by atoms with van der Waals surface area (Å²) in [6.07, 6.45) is 3.04. The van der Waals surface area contributed by atoms with Crippen molar-refractivity contribution in [3.05, 3.63) is 36.7 Å². The highest BCUT2D eigenvalue weighted by Crippen LogP contribution is 2.23. The molecule has 8 nitrogen and oxygen atoms in total. The Morgan fingerprint density at radius 2 is 1.71 bits per heavy atom. The first-order valence-corrected chi connectivity index (χ1v) is 8.68. The third-order valence-corrected chi connectivity index (χ3v) is 5.56. The molecule has 0 amide bonds. The molecule has 0 atom stereocenters. The molecule has 124 valence electrons. The van der Waals surface area contributed by atoms with Gasteiger partial charge in [0.15, 0.2) is 9.84 Å². The van der Waals surface area contributed by atoms with E-state index < -0.39 is 15.1 Å². The quantitative estimate of drug-likeness (QED) is 0.760. The summed E-state index contributed by atoms with van der Waals surface area (Å²) >= 11 is 0. The Kier molecular flexibility index (Phi) is 4.02. The van der Waals surface area contributed by atoms with Crippen molar-refractivity contribution in [1.29, 1.82) is 0 Å². The zero-order chi connectivity index (χ0) is 17.3. The van der Waals surface area contributed by atoms with Crippen LogP contribution in [0.2, 0.25) is 0 Å². The number of hydrogen-bond acceptors (Lipinski definition) is 8. The van der Waals surface area contributed by atoms with Gasteiger partial charge in [-0.05, 0) is 26.0 Å². The van der Waals surface area contributed by atoms with Crippen LogP contribution in [0, 0.1) is 0 Å². The molecule has 24 heavy (non-hydrogen) atoms. The van der Waals surface area contributed by atoms with E-state index in [-0.39, 0.29) is 16.8 Å². The highest BCUT2D eigenvalue weighted by Gasteiger charge is 2.19. The fourth-order valence-electron chi connectivity index (χ4n) is 2.03. The number of sulfone groups is 1. The van der Waals surface area contributed by atoms with Gasteiger partial charge in [-0.1, -0.05) is 17.2 Å². The summed E-state index contributed by atoms with van der Waals surface area (Å²) in [6.45, 7) is 3.29. The molecule has 2 heterocycles. The van der Waals surface area contributed by atoms with Gasteiger partial charge in [0.25, 0.3) is 5.89 Å².